The van der Waals surface area contributed by atoms with E-state index in [2.05, 4.69) is 26.0 Å². The van der Waals surface area contributed by atoms with Gasteiger partial charge in [-0.2, -0.15) is 5.10 Å². The van der Waals surface area contributed by atoms with Gasteiger partial charge in [-0.05, 0) is 36.6 Å². The molecule has 0 saturated heterocycles. The molecule has 0 spiro atoms. The van der Waals surface area contributed by atoms with Gasteiger partial charge in [0, 0.05) is 38.4 Å². The molecular formula is C20H29IN6O. The molecule has 0 aliphatic heterocycles. The Balaban J connectivity index is 0.00000280. The third-order valence-electron chi connectivity index (χ3n) is 4.96. The van der Waals surface area contributed by atoms with Crippen molar-refractivity contribution < 1.29 is 4.79 Å². The van der Waals surface area contributed by atoms with Crippen LogP contribution in [0.25, 0.3) is 0 Å². The van der Waals surface area contributed by atoms with Crippen LogP contribution in [0, 0.1) is 5.92 Å². The Hall–Kier alpha value is -2.10. The minimum Gasteiger partial charge on any atom is -0.352 e. The van der Waals surface area contributed by atoms with Crippen molar-refractivity contribution in [2.75, 3.05) is 12.4 Å². The fourth-order valence-electron chi connectivity index (χ4n) is 3.35. The number of aromatic nitrogens is 2. The lowest BCUT2D eigenvalue weighted by Gasteiger charge is -2.14. The fraction of sp³-hybridized carbons (Fsp3) is 0.450. The SMILES string of the molecule is CN=C(NCc1cccc(NC(=O)C2CCCC2)c1)NCc1ccnn1C.I. The molecule has 1 aliphatic rings. The van der Waals surface area contributed by atoms with Crippen LogP contribution in [0.3, 0.4) is 0 Å². The molecule has 0 unspecified atom stereocenters. The number of hydrogen-bond donors (Lipinski definition) is 3. The van der Waals surface area contributed by atoms with E-state index in [0.29, 0.717) is 13.1 Å². The molecule has 1 amide bonds. The maximum absolute atomic E-state index is 12.3. The Labute approximate surface area is 183 Å². The number of carbonyl (C=O) groups is 1. The number of carbonyl (C=O) groups excluding carboxylic acids is 1. The quantitative estimate of drug-likeness (QED) is 0.326. The lowest BCUT2D eigenvalue weighted by atomic mass is 10.1. The van der Waals surface area contributed by atoms with Gasteiger partial charge in [0.2, 0.25) is 5.91 Å². The first-order chi connectivity index (χ1) is 13.2. The molecular weight excluding hydrogens is 467 g/mol. The van der Waals surface area contributed by atoms with Crippen molar-refractivity contribution in [3.8, 4) is 0 Å². The highest BCUT2D eigenvalue weighted by atomic mass is 127. The van der Waals surface area contributed by atoms with E-state index in [-0.39, 0.29) is 35.8 Å². The minimum absolute atomic E-state index is 0. The summed E-state index contributed by atoms with van der Waals surface area (Å²) in [6.45, 7) is 1.27. The van der Waals surface area contributed by atoms with Crippen molar-refractivity contribution in [1.29, 1.82) is 0 Å². The number of aliphatic imine (C=N–C) groups is 1. The van der Waals surface area contributed by atoms with Crippen molar-refractivity contribution in [3.05, 3.63) is 47.8 Å². The monoisotopic (exact) mass is 496 g/mol. The molecule has 28 heavy (non-hydrogen) atoms. The Kier molecular flexibility index (Phi) is 8.75. The van der Waals surface area contributed by atoms with Gasteiger partial charge in [0.05, 0.1) is 12.2 Å². The van der Waals surface area contributed by atoms with Gasteiger partial charge >= 0.3 is 0 Å². The van der Waals surface area contributed by atoms with Crippen LogP contribution in [-0.2, 0) is 24.9 Å². The Morgan fingerprint density at radius 2 is 1.96 bits per heavy atom. The van der Waals surface area contributed by atoms with E-state index >= 15 is 0 Å². The predicted molar refractivity (Wildman–Crippen MR) is 123 cm³/mol. The van der Waals surface area contributed by atoms with Crippen molar-refractivity contribution in [3.63, 3.8) is 0 Å². The molecule has 1 heterocycles. The molecule has 152 valence electrons. The summed E-state index contributed by atoms with van der Waals surface area (Å²) in [5.41, 5.74) is 3.02. The fourth-order valence-corrected chi connectivity index (χ4v) is 3.35. The highest BCUT2D eigenvalue weighted by molar-refractivity contribution is 14.0. The van der Waals surface area contributed by atoms with E-state index in [1.807, 2.05) is 42.1 Å². The molecule has 1 aliphatic carbocycles. The van der Waals surface area contributed by atoms with Crippen LogP contribution >= 0.6 is 24.0 Å². The average Bonchev–Trinajstić information content (AvgIpc) is 3.34. The lowest BCUT2D eigenvalue weighted by Crippen LogP contribution is -2.36. The Bertz CT molecular complexity index is 797. The van der Waals surface area contributed by atoms with Gasteiger partial charge in [-0.25, -0.2) is 0 Å². The van der Waals surface area contributed by atoms with Crippen LogP contribution in [0.15, 0.2) is 41.5 Å². The second-order valence-electron chi connectivity index (χ2n) is 6.90. The van der Waals surface area contributed by atoms with Gasteiger partial charge in [-0.1, -0.05) is 25.0 Å². The number of hydrogen-bond acceptors (Lipinski definition) is 3. The van der Waals surface area contributed by atoms with Gasteiger partial charge in [-0.3, -0.25) is 14.5 Å². The van der Waals surface area contributed by atoms with Crippen LogP contribution in [0.4, 0.5) is 5.69 Å². The van der Waals surface area contributed by atoms with Gasteiger partial charge in [0.15, 0.2) is 5.96 Å². The molecule has 3 rings (SSSR count). The zero-order valence-corrected chi connectivity index (χ0v) is 18.8. The normalized spacial score (nSPS) is 14.4. The van der Waals surface area contributed by atoms with Crippen molar-refractivity contribution in [1.82, 2.24) is 20.4 Å². The summed E-state index contributed by atoms with van der Waals surface area (Å²) in [5.74, 6) is 1.03. The van der Waals surface area contributed by atoms with Crippen LogP contribution in [0.5, 0.6) is 0 Å². The van der Waals surface area contributed by atoms with Gasteiger partial charge in [-0.15, -0.1) is 24.0 Å². The first kappa shape index (κ1) is 22.2. The average molecular weight is 496 g/mol. The third-order valence-corrected chi connectivity index (χ3v) is 4.96. The van der Waals surface area contributed by atoms with E-state index in [9.17, 15) is 4.79 Å². The summed E-state index contributed by atoms with van der Waals surface area (Å²) < 4.78 is 1.83. The van der Waals surface area contributed by atoms with Crippen LogP contribution in [-0.4, -0.2) is 28.7 Å². The van der Waals surface area contributed by atoms with Crippen molar-refractivity contribution in [2.24, 2.45) is 18.0 Å². The maximum Gasteiger partial charge on any atom is 0.227 e. The number of guanidine groups is 1. The number of anilines is 1. The summed E-state index contributed by atoms with van der Waals surface area (Å²) in [7, 11) is 3.66. The smallest absolute Gasteiger partial charge is 0.227 e. The molecule has 7 nitrogen and oxygen atoms in total. The summed E-state index contributed by atoms with van der Waals surface area (Å²) in [6, 6.07) is 9.91. The largest absolute Gasteiger partial charge is 0.352 e. The molecule has 0 bridgehead atoms. The molecule has 1 aromatic heterocycles. The Morgan fingerprint density at radius 1 is 1.21 bits per heavy atom. The molecule has 1 saturated carbocycles. The van der Waals surface area contributed by atoms with Crippen molar-refractivity contribution >= 4 is 41.5 Å². The van der Waals surface area contributed by atoms with Gasteiger partial charge in [0.1, 0.15) is 0 Å². The number of halogens is 1. The van der Waals surface area contributed by atoms with E-state index in [1.165, 1.54) is 0 Å². The summed E-state index contributed by atoms with van der Waals surface area (Å²) in [5, 5.41) is 13.8. The van der Waals surface area contributed by atoms with Gasteiger partial charge in [0.25, 0.3) is 0 Å². The lowest BCUT2D eigenvalue weighted by molar-refractivity contribution is -0.119. The highest BCUT2D eigenvalue weighted by Crippen LogP contribution is 2.26. The minimum atomic E-state index is 0. The van der Waals surface area contributed by atoms with E-state index in [1.54, 1.807) is 13.2 Å². The number of benzene rings is 1. The molecule has 0 atom stereocenters. The second-order valence-corrected chi connectivity index (χ2v) is 6.90. The highest BCUT2D eigenvalue weighted by Gasteiger charge is 2.22. The van der Waals surface area contributed by atoms with E-state index < -0.39 is 0 Å². The molecule has 3 N–H and O–H groups in total. The van der Waals surface area contributed by atoms with Gasteiger partial charge < -0.3 is 16.0 Å². The first-order valence-corrected chi connectivity index (χ1v) is 9.47. The summed E-state index contributed by atoms with van der Waals surface area (Å²) in [6.07, 6.45) is 6.11. The molecule has 2 aromatic rings. The molecule has 8 heteroatoms. The summed E-state index contributed by atoms with van der Waals surface area (Å²) in [4.78, 5) is 16.6. The molecule has 1 aromatic carbocycles. The zero-order chi connectivity index (χ0) is 19.1. The number of nitrogens with zero attached hydrogens (tertiary/aromatic N) is 3. The van der Waals surface area contributed by atoms with Crippen LogP contribution < -0.4 is 16.0 Å². The van der Waals surface area contributed by atoms with Crippen LogP contribution in [0.1, 0.15) is 36.9 Å². The standard InChI is InChI=1S/C20H28N6O.HI/c1-21-20(23-14-18-10-11-24-26(18)2)22-13-15-6-5-9-17(12-15)25-19(27)16-7-3-4-8-16;/h5-6,9-12,16H,3-4,7-8,13-14H2,1-2H3,(H,25,27)(H2,21,22,23);1H. The van der Waals surface area contributed by atoms with Crippen LogP contribution in [0.2, 0.25) is 0 Å². The Morgan fingerprint density at radius 3 is 2.64 bits per heavy atom. The first-order valence-electron chi connectivity index (χ1n) is 9.47. The van der Waals surface area contributed by atoms with Crippen molar-refractivity contribution in [2.45, 2.75) is 38.8 Å². The number of nitrogens with one attached hydrogen (secondary N) is 3. The van der Waals surface area contributed by atoms with E-state index in [0.717, 1.165) is 48.6 Å². The van der Waals surface area contributed by atoms with E-state index in [4.69, 9.17) is 0 Å². The maximum atomic E-state index is 12.3. The number of aryl methyl sites for hydroxylation is 1. The third kappa shape index (κ3) is 6.22. The number of rotatable bonds is 6. The topological polar surface area (TPSA) is 83.3 Å². The zero-order valence-electron chi connectivity index (χ0n) is 16.4. The predicted octanol–water partition coefficient (Wildman–Crippen LogP) is 3.03. The number of amides is 1. The molecule has 1 fully saturated rings. The molecule has 0 radical (unpaired) electrons. The summed E-state index contributed by atoms with van der Waals surface area (Å²) >= 11 is 0. The second kappa shape index (κ2) is 11.0.